The number of benzene rings is 1. The van der Waals surface area contributed by atoms with Gasteiger partial charge in [-0.05, 0) is 49.4 Å². The number of nitrogens with zero attached hydrogens (tertiary/aromatic N) is 1. The molecule has 19 heavy (non-hydrogen) atoms. The lowest BCUT2D eigenvalue weighted by Gasteiger charge is -2.33. The first-order chi connectivity index (χ1) is 8.82. The van der Waals surface area contributed by atoms with Crippen LogP contribution in [0.5, 0.6) is 0 Å². The summed E-state index contributed by atoms with van der Waals surface area (Å²) in [6.07, 6.45) is 0.108. The van der Waals surface area contributed by atoms with Gasteiger partial charge >= 0.3 is 0 Å². The van der Waals surface area contributed by atoms with Gasteiger partial charge in [-0.1, -0.05) is 13.0 Å². The summed E-state index contributed by atoms with van der Waals surface area (Å²) in [5.74, 6) is -0.0185. The summed E-state index contributed by atoms with van der Waals surface area (Å²) in [6.45, 7) is 6.53. The fraction of sp³-hybridized carbons (Fsp3) is 0.571. The van der Waals surface area contributed by atoms with Gasteiger partial charge in [-0.2, -0.15) is 4.31 Å². The van der Waals surface area contributed by atoms with Gasteiger partial charge in [0.2, 0.25) is 10.0 Å². The van der Waals surface area contributed by atoms with E-state index in [4.69, 9.17) is 0 Å². The van der Waals surface area contributed by atoms with Crippen LogP contribution in [-0.4, -0.2) is 37.0 Å². The average Bonchev–Trinajstić information content (AvgIpc) is 2.35. The molecule has 0 saturated carbocycles. The number of sulfonamides is 1. The Morgan fingerprint density at radius 2 is 1.95 bits per heavy atom. The second-order valence-electron chi connectivity index (χ2n) is 5.44. The van der Waals surface area contributed by atoms with Gasteiger partial charge < -0.3 is 5.11 Å². The Bertz CT molecular complexity index is 568. The van der Waals surface area contributed by atoms with E-state index in [1.165, 1.54) is 4.31 Å². The summed E-state index contributed by atoms with van der Waals surface area (Å²) < 4.78 is 26.6. The maximum atomic E-state index is 12.5. The van der Waals surface area contributed by atoms with Crippen LogP contribution in [0.15, 0.2) is 23.1 Å². The third kappa shape index (κ3) is 2.83. The minimum atomic E-state index is -3.44. The van der Waals surface area contributed by atoms with Crippen LogP contribution in [0.25, 0.3) is 0 Å². The van der Waals surface area contributed by atoms with Gasteiger partial charge in [0.1, 0.15) is 0 Å². The molecule has 2 atom stereocenters. The first-order valence-corrected chi connectivity index (χ1v) is 8.02. The zero-order chi connectivity index (χ0) is 14.2. The molecule has 0 radical (unpaired) electrons. The van der Waals surface area contributed by atoms with E-state index in [9.17, 15) is 13.5 Å². The first kappa shape index (κ1) is 14.5. The number of hydrogen-bond donors (Lipinski definition) is 1. The van der Waals surface area contributed by atoms with Gasteiger partial charge in [0.25, 0.3) is 0 Å². The minimum absolute atomic E-state index is 0.0185. The van der Waals surface area contributed by atoms with Gasteiger partial charge in [-0.15, -0.1) is 0 Å². The molecule has 1 saturated heterocycles. The van der Waals surface area contributed by atoms with Crippen LogP contribution >= 0.6 is 0 Å². The highest BCUT2D eigenvalue weighted by atomic mass is 32.2. The van der Waals surface area contributed by atoms with E-state index in [1.54, 1.807) is 12.1 Å². The Hall–Kier alpha value is -0.910. The predicted molar refractivity (Wildman–Crippen MR) is 74.5 cm³/mol. The van der Waals surface area contributed by atoms with Crippen molar-refractivity contribution in [3.63, 3.8) is 0 Å². The quantitative estimate of drug-likeness (QED) is 0.898. The number of aryl methyl sites for hydroxylation is 2. The Morgan fingerprint density at radius 1 is 1.26 bits per heavy atom. The zero-order valence-corrected chi connectivity index (χ0v) is 12.4. The van der Waals surface area contributed by atoms with Gasteiger partial charge in [0.15, 0.2) is 0 Å². The molecular weight excluding hydrogens is 262 g/mol. The number of piperidine rings is 1. The zero-order valence-electron chi connectivity index (χ0n) is 11.6. The minimum Gasteiger partial charge on any atom is -0.393 e. The molecule has 0 amide bonds. The predicted octanol–water partition coefficient (Wildman–Crippen LogP) is 1.69. The third-order valence-electron chi connectivity index (χ3n) is 3.94. The van der Waals surface area contributed by atoms with Crippen LogP contribution in [-0.2, 0) is 10.0 Å². The molecule has 1 aromatic carbocycles. The molecule has 0 bridgehead atoms. The Morgan fingerprint density at radius 3 is 2.53 bits per heavy atom. The molecule has 4 nitrogen and oxygen atoms in total. The summed E-state index contributed by atoms with van der Waals surface area (Å²) in [6, 6.07) is 5.22. The number of rotatable bonds is 2. The Labute approximate surface area is 115 Å². The fourth-order valence-corrected chi connectivity index (χ4v) is 3.98. The molecule has 0 spiro atoms. The lowest BCUT2D eigenvalue weighted by molar-refractivity contribution is 0.0628. The molecule has 1 fully saturated rings. The van der Waals surface area contributed by atoms with E-state index >= 15 is 0 Å². The summed E-state index contributed by atoms with van der Waals surface area (Å²) >= 11 is 0. The van der Waals surface area contributed by atoms with Crippen molar-refractivity contribution in [2.75, 3.05) is 13.1 Å². The molecule has 1 aliphatic rings. The Balaban J connectivity index is 2.29. The number of aliphatic hydroxyl groups excluding tert-OH is 1. The number of hydrogen-bond acceptors (Lipinski definition) is 3. The SMILES string of the molecule is Cc1ccc(S(=O)(=O)N2CCC(O)C(C)C2)cc1C. The molecule has 0 aromatic heterocycles. The lowest BCUT2D eigenvalue weighted by Crippen LogP contribution is -2.44. The second-order valence-corrected chi connectivity index (χ2v) is 7.38. The monoisotopic (exact) mass is 283 g/mol. The highest BCUT2D eigenvalue weighted by Gasteiger charge is 2.32. The van der Waals surface area contributed by atoms with Crippen molar-refractivity contribution in [2.45, 2.75) is 38.2 Å². The largest absolute Gasteiger partial charge is 0.393 e. The van der Waals surface area contributed by atoms with Gasteiger partial charge in [-0.3, -0.25) is 0 Å². The van der Waals surface area contributed by atoms with Gasteiger partial charge in [-0.25, -0.2) is 8.42 Å². The molecule has 1 aliphatic heterocycles. The second kappa shape index (κ2) is 5.23. The van der Waals surface area contributed by atoms with E-state index in [1.807, 2.05) is 26.8 Å². The summed E-state index contributed by atoms with van der Waals surface area (Å²) in [5, 5.41) is 9.69. The van der Waals surface area contributed by atoms with Crippen molar-refractivity contribution in [3.05, 3.63) is 29.3 Å². The molecule has 0 aliphatic carbocycles. The molecule has 1 aromatic rings. The molecule has 2 rings (SSSR count). The maximum absolute atomic E-state index is 12.5. The van der Waals surface area contributed by atoms with Crippen LogP contribution in [0.4, 0.5) is 0 Å². The third-order valence-corrected chi connectivity index (χ3v) is 5.80. The van der Waals surface area contributed by atoms with Crippen LogP contribution in [0, 0.1) is 19.8 Å². The van der Waals surface area contributed by atoms with Crippen LogP contribution in [0.3, 0.4) is 0 Å². The van der Waals surface area contributed by atoms with Crippen LogP contribution in [0.1, 0.15) is 24.5 Å². The van der Waals surface area contributed by atoms with Gasteiger partial charge in [0.05, 0.1) is 11.0 Å². The summed E-state index contributed by atoms with van der Waals surface area (Å²) in [5.41, 5.74) is 2.06. The molecule has 2 unspecified atom stereocenters. The van der Waals surface area contributed by atoms with Crippen molar-refractivity contribution in [3.8, 4) is 0 Å². The van der Waals surface area contributed by atoms with Crippen molar-refractivity contribution < 1.29 is 13.5 Å². The summed E-state index contributed by atoms with van der Waals surface area (Å²) in [4.78, 5) is 0.346. The van der Waals surface area contributed by atoms with Crippen molar-refractivity contribution >= 4 is 10.0 Å². The Kier molecular flexibility index (Phi) is 3.99. The maximum Gasteiger partial charge on any atom is 0.243 e. The summed E-state index contributed by atoms with van der Waals surface area (Å²) in [7, 11) is -3.44. The molecule has 5 heteroatoms. The smallest absolute Gasteiger partial charge is 0.243 e. The topological polar surface area (TPSA) is 57.6 Å². The first-order valence-electron chi connectivity index (χ1n) is 6.58. The van der Waals surface area contributed by atoms with E-state index in [2.05, 4.69) is 0 Å². The van der Waals surface area contributed by atoms with E-state index in [0.717, 1.165) is 11.1 Å². The van der Waals surface area contributed by atoms with E-state index in [-0.39, 0.29) is 5.92 Å². The van der Waals surface area contributed by atoms with Crippen molar-refractivity contribution in [2.24, 2.45) is 5.92 Å². The van der Waals surface area contributed by atoms with Crippen LogP contribution in [0.2, 0.25) is 0 Å². The van der Waals surface area contributed by atoms with Crippen molar-refractivity contribution in [1.29, 1.82) is 0 Å². The molecule has 1 N–H and O–H groups in total. The van der Waals surface area contributed by atoms with Gasteiger partial charge in [0, 0.05) is 13.1 Å². The highest BCUT2D eigenvalue weighted by molar-refractivity contribution is 7.89. The fourth-order valence-electron chi connectivity index (χ4n) is 2.34. The molecule has 106 valence electrons. The van der Waals surface area contributed by atoms with Crippen LogP contribution < -0.4 is 0 Å². The van der Waals surface area contributed by atoms with Crippen molar-refractivity contribution in [1.82, 2.24) is 4.31 Å². The average molecular weight is 283 g/mol. The van der Waals surface area contributed by atoms with E-state index < -0.39 is 16.1 Å². The van der Waals surface area contributed by atoms with E-state index in [0.29, 0.717) is 24.4 Å². The number of aliphatic hydroxyl groups is 1. The highest BCUT2D eigenvalue weighted by Crippen LogP contribution is 2.24. The lowest BCUT2D eigenvalue weighted by atomic mass is 9.99. The standard InChI is InChI=1S/C14H21NO3S/c1-10-4-5-13(8-11(10)2)19(17,18)15-7-6-14(16)12(3)9-15/h4-5,8,12,14,16H,6-7,9H2,1-3H3. The molecule has 1 heterocycles. The normalized spacial score (nSPS) is 25.5. The molecular formula is C14H21NO3S.